The van der Waals surface area contributed by atoms with E-state index in [0.717, 1.165) is 23.8 Å². The number of hydrogen-bond donors (Lipinski definition) is 0. The maximum Gasteiger partial charge on any atom is 0.300 e. The summed E-state index contributed by atoms with van der Waals surface area (Å²) >= 11 is 6.43. The molecule has 1 aliphatic rings. The maximum absolute atomic E-state index is 12.4. The standard InChI is InChI=1S/C10H13ClN2O4S2/c1-10(2)3-4-12(6-10)19(16,17)8-5-7(13(14)15)9(11)18-8/h5H,3-4,6H2,1-2H3. The lowest BCUT2D eigenvalue weighted by atomic mass is 9.93. The van der Waals surface area contributed by atoms with E-state index in [-0.39, 0.29) is 19.6 Å². The van der Waals surface area contributed by atoms with Crippen molar-refractivity contribution in [3.05, 3.63) is 20.5 Å². The van der Waals surface area contributed by atoms with Crippen molar-refractivity contribution >= 4 is 38.6 Å². The van der Waals surface area contributed by atoms with Crippen LogP contribution in [0.2, 0.25) is 4.34 Å². The largest absolute Gasteiger partial charge is 0.300 e. The second-order valence-electron chi connectivity index (χ2n) is 5.23. The molecule has 6 nitrogen and oxygen atoms in total. The summed E-state index contributed by atoms with van der Waals surface area (Å²) in [5.41, 5.74) is -0.427. The third-order valence-electron chi connectivity index (χ3n) is 3.08. The fraction of sp³-hybridized carbons (Fsp3) is 0.600. The van der Waals surface area contributed by atoms with Crippen molar-refractivity contribution in [3.8, 4) is 0 Å². The first-order valence-electron chi connectivity index (χ1n) is 5.57. The van der Waals surface area contributed by atoms with Gasteiger partial charge in [0.1, 0.15) is 4.21 Å². The molecular weight excluding hydrogens is 312 g/mol. The monoisotopic (exact) mass is 324 g/mol. The Morgan fingerprint density at radius 1 is 1.53 bits per heavy atom. The molecule has 1 fully saturated rings. The Morgan fingerprint density at radius 2 is 2.16 bits per heavy atom. The molecule has 0 N–H and O–H groups in total. The van der Waals surface area contributed by atoms with Crippen LogP contribution in [0.15, 0.2) is 10.3 Å². The predicted molar refractivity (Wildman–Crippen MR) is 73.1 cm³/mol. The average Bonchev–Trinajstić information content (AvgIpc) is 2.82. The van der Waals surface area contributed by atoms with E-state index in [1.54, 1.807) is 0 Å². The first-order chi connectivity index (χ1) is 8.63. The highest BCUT2D eigenvalue weighted by molar-refractivity contribution is 7.91. The van der Waals surface area contributed by atoms with Crippen LogP contribution in [0.4, 0.5) is 5.69 Å². The number of rotatable bonds is 3. The number of nitro groups is 1. The molecule has 2 heterocycles. The van der Waals surface area contributed by atoms with Gasteiger partial charge in [0, 0.05) is 19.2 Å². The highest BCUT2D eigenvalue weighted by Gasteiger charge is 2.38. The summed E-state index contributed by atoms with van der Waals surface area (Å²) in [5.74, 6) is 0. The Balaban J connectivity index is 2.36. The van der Waals surface area contributed by atoms with Crippen LogP contribution in [0.5, 0.6) is 0 Å². The molecule has 1 aromatic rings. The van der Waals surface area contributed by atoms with Gasteiger partial charge in [0.2, 0.25) is 0 Å². The molecule has 0 bridgehead atoms. The van der Waals surface area contributed by atoms with E-state index in [1.807, 2.05) is 13.8 Å². The number of halogens is 1. The van der Waals surface area contributed by atoms with Gasteiger partial charge in [-0.25, -0.2) is 8.42 Å². The van der Waals surface area contributed by atoms with Crippen LogP contribution in [0.25, 0.3) is 0 Å². The minimum Gasteiger partial charge on any atom is -0.258 e. The van der Waals surface area contributed by atoms with Gasteiger partial charge in [-0.3, -0.25) is 10.1 Å². The number of sulfonamides is 1. The summed E-state index contributed by atoms with van der Waals surface area (Å²) < 4.78 is 25.9. The zero-order valence-corrected chi connectivity index (χ0v) is 12.8. The fourth-order valence-electron chi connectivity index (χ4n) is 1.99. The number of nitrogens with zero attached hydrogens (tertiary/aromatic N) is 2. The minimum atomic E-state index is -3.68. The average molecular weight is 325 g/mol. The molecule has 0 radical (unpaired) electrons. The first kappa shape index (κ1) is 14.7. The molecule has 0 amide bonds. The Labute approximate surface area is 120 Å². The van der Waals surface area contributed by atoms with Gasteiger partial charge in [-0.1, -0.05) is 25.4 Å². The summed E-state index contributed by atoms with van der Waals surface area (Å²) in [5, 5.41) is 10.7. The minimum absolute atomic E-state index is 0.0677. The molecule has 0 spiro atoms. The van der Waals surface area contributed by atoms with E-state index in [0.29, 0.717) is 13.1 Å². The Morgan fingerprint density at radius 3 is 2.58 bits per heavy atom. The van der Waals surface area contributed by atoms with Crippen LogP contribution in [-0.2, 0) is 10.0 Å². The second kappa shape index (κ2) is 4.69. The van der Waals surface area contributed by atoms with Gasteiger partial charge < -0.3 is 0 Å². The van der Waals surface area contributed by atoms with E-state index < -0.39 is 14.9 Å². The first-order valence-corrected chi connectivity index (χ1v) is 8.21. The van der Waals surface area contributed by atoms with Crippen LogP contribution < -0.4 is 0 Å². The van der Waals surface area contributed by atoms with Gasteiger partial charge in [-0.2, -0.15) is 4.31 Å². The summed E-state index contributed by atoms with van der Waals surface area (Å²) in [4.78, 5) is 10.0. The summed E-state index contributed by atoms with van der Waals surface area (Å²) in [6, 6.07) is 1.04. The smallest absolute Gasteiger partial charge is 0.258 e. The molecule has 0 unspecified atom stereocenters. The Kier molecular flexibility index (Phi) is 3.63. The quantitative estimate of drug-likeness (QED) is 0.632. The Hall–Kier alpha value is -0.700. The van der Waals surface area contributed by atoms with Crippen molar-refractivity contribution in [2.24, 2.45) is 5.41 Å². The zero-order chi connectivity index (χ0) is 14.4. The van der Waals surface area contributed by atoms with Crippen molar-refractivity contribution in [2.75, 3.05) is 13.1 Å². The zero-order valence-electron chi connectivity index (χ0n) is 10.4. The summed E-state index contributed by atoms with van der Waals surface area (Å²) in [6.45, 7) is 4.83. The van der Waals surface area contributed by atoms with E-state index in [4.69, 9.17) is 11.6 Å². The summed E-state index contributed by atoms with van der Waals surface area (Å²) in [7, 11) is -3.68. The fourth-order valence-corrected chi connectivity index (χ4v) is 5.43. The van der Waals surface area contributed by atoms with Crippen molar-refractivity contribution < 1.29 is 13.3 Å². The topological polar surface area (TPSA) is 80.5 Å². The van der Waals surface area contributed by atoms with E-state index >= 15 is 0 Å². The normalized spacial score (nSPS) is 19.7. The van der Waals surface area contributed by atoms with Crippen molar-refractivity contribution in [1.82, 2.24) is 4.31 Å². The predicted octanol–water partition coefficient (Wildman–Crippen LogP) is 2.73. The second-order valence-corrected chi connectivity index (χ2v) is 9.05. The lowest BCUT2D eigenvalue weighted by Crippen LogP contribution is -2.29. The molecule has 1 aromatic heterocycles. The van der Waals surface area contributed by atoms with Gasteiger partial charge in [-0.15, -0.1) is 11.3 Å². The van der Waals surface area contributed by atoms with E-state index in [2.05, 4.69) is 0 Å². The van der Waals surface area contributed by atoms with Crippen LogP contribution >= 0.6 is 22.9 Å². The number of hydrogen-bond acceptors (Lipinski definition) is 5. The van der Waals surface area contributed by atoms with Gasteiger partial charge in [0.05, 0.1) is 4.92 Å². The van der Waals surface area contributed by atoms with E-state index in [1.165, 1.54) is 4.31 Å². The van der Waals surface area contributed by atoms with Gasteiger partial charge in [-0.05, 0) is 11.8 Å². The molecule has 1 saturated heterocycles. The molecule has 0 saturated carbocycles. The van der Waals surface area contributed by atoms with Crippen LogP contribution in [0, 0.1) is 15.5 Å². The van der Waals surface area contributed by atoms with Gasteiger partial charge in [0.15, 0.2) is 4.34 Å². The summed E-state index contributed by atoms with van der Waals surface area (Å²) in [6.07, 6.45) is 0.771. The van der Waals surface area contributed by atoms with Crippen molar-refractivity contribution in [3.63, 3.8) is 0 Å². The molecule has 0 aromatic carbocycles. The Bertz CT molecular complexity index is 623. The lowest BCUT2D eigenvalue weighted by Gasteiger charge is -2.18. The molecule has 1 aliphatic heterocycles. The van der Waals surface area contributed by atoms with Crippen LogP contribution in [0.1, 0.15) is 20.3 Å². The van der Waals surface area contributed by atoms with Crippen LogP contribution in [-0.4, -0.2) is 30.7 Å². The van der Waals surface area contributed by atoms with Crippen molar-refractivity contribution in [1.29, 1.82) is 0 Å². The van der Waals surface area contributed by atoms with E-state index in [9.17, 15) is 18.5 Å². The van der Waals surface area contributed by atoms with Crippen LogP contribution in [0.3, 0.4) is 0 Å². The third-order valence-corrected chi connectivity index (χ3v) is 6.71. The lowest BCUT2D eigenvalue weighted by molar-refractivity contribution is -0.384. The maximum atomic E-state index is 12.4. The van der Waals surface area contributed by atoms with Gasteiger partial charge in [0.25, 0.3) is 15.7 Å². The highest BCUT2D eigenvalue weighted by Crippen LogP contribution is 2.40. The van der Waals surface area contributed by atoms with Crippen molar-refractivity contribution in [2.45, 2.75) is 24.5 Å². The van der Waals surface area contributed by atoms with Gasteiger partial charge >= 0.3 is 0 Å². The molecule has 0 atom stereocenters. The molecule has 2 rings (SSSR count). The third kappa shape index (κ3) is 2.76. The highest BCUT2D eigenvalue weighted by atomic mass is 35.5. The molecular formula is C10H13ClN2O4S2. The molecule has 9 heteroatoms. The number of thiophene rings is 1. The molecule has 19 heavy (non-hydrogen) atoms. The SMILES string of the molecule is CC1(C)CCN(S(=O)(=O)c2cc([N+](=O)[O-])c(Cl)s2)C1. The molecule has 0 aliphatic carbocycles. The molecule has 106 valence electrons.